The molecule has 0 amide bonds. The van der Waals surface area contributed by atoms with Gasteiger partial charge in [0, 0.05) is 12.7 Å². The Morgan fingerprint density at radius 2 is 2.21 bits per heavy atom. The van der Waals surface area contributed by atoms with Crippen LogP contribution in [-0.4, -0.2) is 48.9 Å². The molecule has 0 bridgehead atoms. The molecule has 108 valence electrons. The lowest BCUT2D eigenvalue weighted by atomic mass is 10.4. The summed E-state index contributed by atoms with van der Waals surface area (Å²) in [5.74, 6) is -1.08. The number of aliphatic carboxylic acids is 1. The molecule has 1 aromatic heterocycles. The lowest BCUT2D eigenvalue weighted by molar-refractivity contribution is -0.137. The molecule has 0 saturated heterocycles. The molecule has 0 atom stereocenters. The minimum absolute atomic E-state index is 0.0304. The Bertz CT molecular complexity index is 511. The van der Waals surface area contributed by atoms with Gasteiger partial charge in [-0.1, -0.05) is 6.92 Å². The fourth-order valence-electron chi connectivity index (χ4n) is 1.39. The summed E-state index contributed by atoms with van der Waals surface area (Å²) < 4.78 is 27.2. The van der Waals surface area contributed by atoms with Crippen molar-refractivity contribution in [3.8, 4) is 0 Å². The van der Waals surface area contributed by atoms with E-state index in [0.717, 1.165) is 24.0 Å². The van der Waals surface area contributed by atoms with Crippen LogP contribution in [0.5, 0.6) is 0 Å². The number of hydrogen-bond donors (Lipinski definition) is 3. The monoisotopic (exact) mass is 290 g/mol. The third-order valence-electron chi connectivity index (χ3n) is 2.29. The van der Waals surface area contributed by atoms with E-state index in [-0.39, 0.29) is 11.4 Å². The second-order valence-corrected chi connectivity index (χ2v) is 5.64. The molecule has 9 heteroatoms. The second kappa shape index (κ2) is 7.22. The summed E-state index contributed by atoms with van der Waals surface area (Å²) in [7, 11) is -3.62. The van der Waals surface area contributed by atoms with Gasteiger partial charge in [-0.25, -0.2) is 13.1 Å². The maximum absolute atomic E-state index is 11.8. The molecule has 1 aromatic rings. The largest absolute Gasteiger partial charge is 0.480 e. The van der Waals surface area contributed by atoms with Crippen LogP contribution in [0, 0.1) is 0 Å². The predicted molar refractivity (Wildman–Crippen MR) is 68.2 cm³/mol. The van der Waals surface area contributed by atoms with Crippen molar-refractivity contribution in [2.24, 2.45) is 0 Å². The van der Waals surface area contributed by atoms with Crippen LogP contribution in [0.4, 0.5) is 0 Å². The lowest BCUT2D eigenvalue weighted by Gasteiger charge is -2.04. The number of nitrogens with one attached hydrogen (secondary N) is 2. The van der Waals surface area contributed by atoms with Crippen molar-refractivity contribution >= 4 is 16.0 Å². The highest BCUT2D eigenvalue weighted by Crippen LogP contribution is 2.06. The summed E-state index contributed by atoms with van der Waals surface area (Å²) in [6.07, 6.45) is 3.01. The van der Waals surface area contributed by atoms with E-state index in [2.05, 4.69) is 15.1 Å². The molecule has 3 N–H and O–H groups in total. The van der Waals surface area contributed by atoms with Gasteiger partial charge < -0.3 is 10.4 Å². The van der Waals surface area contributed by atoms with Gasteiger partial charge in [-0.15, -0.1) is 0 Å². The predicted octanol–water partition coefficient (Wildman–Crippen LogP) is -0.754. The van der Waals surface area contributed by atoms with Crippen LogP contribution in [0.3, 0.4) is 0 Å². The van der Waals surface area contributed by atoms with Crippen molar-refractivity contribution in [3.63, 3.8) is 0 Å². The quantitative estimate of drug-likeness (QED) is 0.515. The summed E-state index contributed by atoms with van der Waals surface area (Å²) in [5.41, 5.74) is 0. The standard InChI is InChI=1S/C10H18N4O4S/c1-2-11-4-3-5-13-19(17,18)9-6-12-14(7-9)8-10(15)16/h6-7,11,13H,2-5,8H2,1H3,(H,15,16). The molecular formula is C10H18N4O4S. The van der Waals surface area contributed by atoms with Gasteiger partial charge in [-0.05, 0) is 19.5 Å². The van der Waals surface area contributed by atoms with Crippen molar-refractivity contribution in [1.82, 2.24) is 19.8 Å². The van der Waals surface area contributed by atoms with Crippen molar-refractivity contribution < 1.29 is 18.3 Å². The number of carboxylic acid groups (broad SMARTS) is 1. The molecular weight excluding hydrogens is 272 g/mol. The molecule has 0 aromatic carbocycles. The zero-order valence-electron chi connectivity index (χ0n) is 10.7. The van der Waals surface area contributed by atoms with E-state index in [4.69, 9.17) is 5.11 Å². The molecule has 1 heterocycles. The van der Waals surface area contributed by atoms with E-state index in [9.17, 15) is 13.2 Å². The van der Waals surface area contributed by atoms with E-state index in [1.807, 2.05) is 6.92 Å². The molecule has 0 aliphatic rings. The van der Waals surface area contributed by atoms with Crippen LogP contribution in [0.2, 0.25) is 0 Å². The molecule has 0 radical (unpaired) electrons. The minimum Gasteiger partial charge on any atom is -0.480 e. The maximum atomic E-state index is 11.8. The highest BCUT2D eigenvalue weighted by molar-refractivity contribution is 7.89. The maximum Gasteiger partial charge on any atom is 0.325 e. The highest BCUT2D eigenvalue weighted by Gasteiger charge is 2.16. The van der Waals surface area contributed by atoms with Gasteiger partial charge in [0.2, 0.25) is 10.0 Å². The van der Waals surface area contributed by atoms with E-state index in [1.165, 1.54) is 6.20 Å². The van der Waals surface area contributed by atoms with Crippen molar-refractivity contribution in [2.75, 3.05) is 19.6 Å². The minimum atomic E-state index is -3.62. The first-order valence-electron chi connectivity index (χ1n) is 5.90. The Kier molecular flexibility index (Phi) is 5.93. The SMILES string of the molecule is CCNCCCNS(=O)(=O)c1cnn(CC(=O)O)c1. The number of carboxylic acids is 1. The van der Waals surface area contributed by atoms with E-state index in [0.29, 0.717) is 13.0 Å². The first kappa shape index (κ1) is 15.6. The number of sulfonamides is 1. The Morgan fingerprint density at radius 3 is 2.84 bits per heavy atom. The van der Waals surface area contributed by atoms with Crippen LogP contribution in [0.1, 0.15) is 13.3 Å². The third kappa shape index (κ3) is 5.37. The Balaban J connectivity index is 2.52. The summed E-state index contributed by atoms with van der Waals surface area (Å²) in [6, 6.07) is 0. The molecule has 0 unspecified atom stereocenters. The van der Waals surface area contributed by atoms with Crippen LogP contribution in [0.25, 0.3) is 0 Å². The molecule has 0 saturated carbocycles. The molecule has 19 heavy (non-hydrogen) atoms. The van der Waals surface area contributed by atoms with Crippen molar-refractivity contribution in [3.05, 3.63) is 12.4 Å². The average molecular weight is 290 g/mol. The van der Waals surface area contributed by atoms with Crippen LogP contribution in [0.15, 0.2) is 17.3 Å². The summed E-state index contributed by atoms with van der Waals surface area (Å²) >= 11 is 0. The highest BCUT2D eigenvalue weighted by atomic mass is 32.2. The Hall–Kier alpha value is -1.45. The van der Waals surface area contributed by atoms with Crippen LogP contribution in [-0.2, 0) is 21.4 Å². The van der Waals surface area contributed by atoms with Crippen molar-refractivity contribution in [1.29, 1.82) is 0 Å². The van der Waals surface area contributed by atoms with Gasteiger partial charge in [-0.2, -0.15) is 5.10 Å². The van der Waals surface area contributed by atoms with Gasteiger partial charge in [0.15, 0.2) is 0 Å². The number of aromatic nitrogens is 2. The van der Waals surface area contributed by atoms with Gasteiger partial charge in [0.05, 0.1) is 6.20 Å². The zero-order chi connectivity index (χ0) is 14.3. The normalized spacial score (nSPS) is 11.6. The van der Waals surface area contributed by atoms with Gasteiger partial charge in [-0.3, -0.25) is 9.48 Å². The van der Waals surface area contributed by atoms with Crippen LogP contribution >= 0.6 is 0 Å². The topological polar surface area (TPSA) is 113 Å². The van der Waals surface area contributed by atoms with Crippen molar-refractivity contribution in [2.45, 2.75) is 24.8 Å². The number of nitrogens with zero attached hydrogens (tertiary/aromatic N) is 2. The fraction of sp³-hybridized carbons (Fsp3) is 0.600. The first-order chi connectivity index (χ1) is 8.95. The molecule has 0 aliphatic carbocycles. The summed E-state index contributed by atoms with van der Waals surface area (Å²) in [5, 5.41) is 15.3. The molecule has 0 aliphatic heterocycles. The Morgan fingerprint density at radius 1 is 1.47 bits per heavy atom. The van der Waals surface area contributed by atoms with E-state index in [1.54, 1.807) is 0 Å². The molecule has 1 rings (SSSR count). The molecule has 0 fully saturated rings. The van der Waals surface area contributed by atoms with E-state index < -0.39 is 16.0 Å². The van der Waals surface area contributed by atoms with Gasteiger partial charge in [0.25, 0.3) is 0 Å². The molecule has 0 spiro atoms. The number of hydrogen-bond acceptors (Lipinski definition) is 5. The smallest absolute Gasteiger partial charge is 0.325 e. The van der Waals surface area contributed by atoms with Gasteiger partial charge in [0.1, 0.15) is 11.4 Å². The zero-order valence-corrected chi connectivity index (χ0v) is 11.5. The number of carbonyl (C=O) groups is 1. The fourth-order valence-corrected chi connectivity index (χ4v) is 2.41. The van der Waals surface area contributed by atoms with E-state index >= 15 is 0 Å². The Labute approximate surface area is 111 Å². The average Bonchev–Trinajstić information content (AvgIpc) is 2.77. The number of rotatable bonds is 9. The third-order valence-corrected chi connectivity index (χ3v) is 3.71. The van der Waals surface area contributed by atoms with Gasteiger partial charge >= 0.3 is 5.97 Å². The summed E-state index contributed by atoms with van der Waals surface area (Å²) in [6.45, 7) is 3.50. The molecule has 8 nitrogen and oxygen atoms in total. The summed E-state index contributed by atoms with van der Waals surface area (Å²) in [4.78, 5) is 10.4. The van der Waals surface area contributed by atoms with Crippen LogP contribution < -0.4 is 10.0 Å². The first-order valence-corrected chi connectivity index (χ1v) is 7.38. The lowest BCUT2D eigenvalue weighted by Crippen LogP contribution is -2.27. The second-order valence-electron chi connectivity index (χ2n) is 3.87.